The Hall–Kier alpha value is -0.560. The largest absolute Gasteiger partial charge is 0.376 e. The van der Waals surface area contributed by atoms with E-state index in [9.17, 15) is 0 Å². The van der Waals surface area contributed by atoms with Gasteiger partial charge in [-0.25, -0.2) is 5.43 Å². The van der Waals surface area contributed by atoms with Gasteiger partial charge in [0, 0.05) is 6.61 Å². The van der Waals surface area contributed by atoms with Crippen molar-refractivity contribution in [2.45, 2.75) is 51.2 Å². The molecule has 1 rings (SSSR count). The molecule has 0 heterocycles. The molecule has 0 aromatic rings. The third-order valence-corrected chi connectivity index (χ3v) is 3.16. The lowest BCUT2D eigenvalue weighted by Gasteiger charge is -2.33. The zero-order valence-electron chi connectivity index (χ0n) is 9.54. The van der Waals surface area contributed by atoms with Crippen molar-refractivity contribution in [2.75, 3.05) is 6.61 Å². The summed E-state index contributed by atoms with van der Waals surface area (Å²) in [5.74, 6) is 8.69. The molecule has 0 aromatic heterocycles. The van der Waals surface area contributed by atoms with Crippen molar-refractivity contribution >= 4 is 0 Å². The Labute approximate surface area is 92.7 Å². The minimum absolute atomic E-state index is 0.0744. The molecule has 0 amide bonds. The Bertz CT molecular complexity index is 206. The number of hydrogen-bond acceptors (Lipinski definition) is 3. The highest BCUT2D eigenvalue weighted by atomic mass is 16.5. The van der Waals surface area contributed by atoms with Crippen LogP contribution in [0, 0.1) is 18.3 Å². The first kappa shape index (κ1) is 12.5. The van der Waals surface area contributed by atoms with Crippen LogP contribution in [0.2, 0.25) is 0 Å². The molecule has 1 fully saturated rings. The molecule has 3 nitrogen and oxygen atoms in total. The molecule has 1 saturated carbocycles. The topological polar surface area (TPSA) is 47.3 Å². The van der Waals surface area contributed by atoms with Crippen LogP contribution in [0.25, 0.3) is 0 Å². The number of nitrogens with one attached hydrogen (secondary N) is 1. The lowest BCUT2D eigenvalue weighted by molar-refractivity contribution is -0.00545. The zero-order valence-corrected chi connectivity index (χ0v) is 9.54. The van der Waals surface area contributed by atoms with E-state index in [-0.39, 0.29) is 12.1 Å². The summed E-state index contributed by atoms with van der Waals surface area (Å²) in [5, 5.41) is 0. The monoisotopic (exact) mass is 210 g/mol. The second kappa shape index (κ2) is 6.84. The van der Waals surface area contributed by atoms with Crippen LogP contribution in [0.1, 0.15) is 39.0 Å². The molecule has 3 N–H and O–H groups in total. The highest BCUT2D eigenvalue weighted by Gasteiger charge is 2.29. The van der Waals surface area contributed by atoms with Crippen LogP contribution in [0.15, 0.2) is 0 Å². The first-order valence-electron chi connectivity index (χ1n) is 5.87. The molecular weight excluding hydrogens is 188 g/mol. The fourth-order valence-electron chi connectivity index (χ4n) is 2.40. The van der Waals surface area contributed by atoms with Crippen molar-refractivity contribution in [3.63, 3.8) is 0 Å². The van der Waals surface area contributed by atoms with Crippen LogP contribution in [0.5, 0.6) is 0 Å². The van der Waals surface area contributed by atoms with Crippen molar-refractivity contribution in [1.82, 2.24) is 5.43 Å². The lowest BCUT2D eigenvalue weighted by Crippen LogP contribution is -2.48. The predicted molar refractivity (Wildman–Crippen MR) is 61.9 cm³/mol. The van der Waals surface area contributed by atoms with E-state index in [2.05, 4.69) is 11.3 Å². The predicted octanol–water partition coefficient (Wildman–Crippen LogP) is 1.44. The number of terminal acetylenes is 1. The SMILES string of the molecule is C#CC(NN)C(OCC)C1CCCCC1. The third-order valence-electron chi connectivity index (χ3n) is 3.16. The average molecular weight is 210 g/mol. The van der Waals surface area contributed by atoms with E-state index in [4.69, 9.17) is 17.0 Å². The van der Waals surface area contributed by atoms with Gasteiger partial charge in [0.2, 0.25) is 0 Å². The first-order valence-corrected chi connectivity index (χ1v) is 5.87. The fourth-order valence-corrected chi connectivity index (χ4v) is 2.40. The molecule has 0 bridgehead atoms. The van der Waals surface area contributed by atoms with E-state index in [1.54, 1.807) is 0 Å². The van der Waals surface area contributed by atoms with Crippen molar-refractivity contribution in [3.05, 3.63) is 0 Å². The molecule has 0 aromatic carbocycles. The molecular formula is C12H22N2O. The summed E-state index contributed by atoms with van der Waals surface area (Å²) in [6.45, 7) is 2.70. The van der Waals surface area contributed by atoms with Gasteiger partial charge in [0.05, 0.1) is 6.10 Å². The molecule has 2 atom stereocenters. The smallest absolute Gasteiger partial charge is 0.108 e. The lowest BCUT2D eigenvalue weighted by atomic mass is 9.82. The number of rotatable bonds is 5. The van der Waals surface area contributed by atoms with Gasteiger partial charge >= 0.3 is 0 Å². The summed E-state index contributed by atoms with van der Waals surface area (Å²) in [6, 6.07) is -0.159. The van der Waals surface area contributed by atoms with E-state index in [1.165, 1.54) is 32.1 Å². The Morgan fingerprint density at radius 1 is 1.47 bits per heavy atom. The molecule has 2 unspecified atom stereocenters. The summed E-state index contributed by atoms with van der Waals surface area (Å²) in [7, 11) is 0. The van der Waals surface area contributed by atoms with Crippen LogP contribution >= 0.6 is 0 Å². The Morgan fingerprint density at radius 2 is 2.13 bits per heavy atom. The highest BCUT2D eigenvalue weighted by Crippen LogP contribution is 2.29. The van der Waals surface area contributed by atoms with Crippen LogP contribution in [0.3, 0.4) is 0 Å². The Kier molecular flexibility index (Phi) is 5.70. The maximum absolute atomic E-state index is 5.74. The summed E-state index contributed by atoms with van der Waals surface area (Å²) < 4.78 is 5.74. The highest BCUT2D eigenvalue weighted by molar-refractivity contribution is 5.04. The number of hydrazine groups is 1. The van der Waals surface area contributed by atoms with Gasteiger partial charge in [-0.15, -0.1) is 6.42 Å². The average Bonchev–Trinajstić information content (AvgIpc) is 2.30. The first-order chi connectivity index (χ1) is 7.33. The standard InChI is InChI=1S/C12H22N2O/c1-3-11(14-13)12(15-4-2)10-8-6-5-7-9-10/h1,10-12,14H,4-9,13H2,2H3. The van der Waals surface area contributed by atoms with Crippen molar-refractivity contribution < 1.29 is 4.74 Å². The fraction of sp³-hybridized carbons (Fsp3) is 0.833. The van der Waals surface area contributed by atoms with Crippen molar-refractivity contribution in [3.8, 4) is 12.3 Å². The molecule has 3 heteroatoms. The van der Waals surface area contributed by atoms with Gasteiger partial charge in [-0.3, -0.25) is 5.84 Å². The van der Waals surface area contributed by atoms with Gasteiger partial charge in [0.15, 0.2) is 0 Å². The van der Waals surface area contributed by atoms with Crippen LogP contribution in [-0.4, -0.2) is 18.8 Å². The van der Waals surface area contributed by atoms with E-state index < -0.39 is 0 Å². The third kappa shape index (κ3) is 3.49. The van der Waals surface area contributed by atoms with Gasteiger partial charge in [0.1, 0.15) is 6.04 Å². The molecule has 86 valence electrons. The van der Waals surface area contributed by atoms with Crippen molar-refractivity contribution in [1.29, 1.82) is 0 Å². The van der Waals surface area contributed by atoms with Crippen LogP contribution in [-0.2, 0) is 4.74 Å². The number of nitrogens with two attached hydrogens (primary N) is 1. The van der Waals surface area contributed by atoms with Crippen LogP contribution in [0.4, 0.5) is 0 Å². The van der Waals surface area contributed by atoms with Crippen molar-refractivity contribution in [2.24, 2.45) is 11.8 Å². The molecule has 0 aliphatic heterocycles. The van der Waals surface area contributed by atoms with Gasteiger partial charge in [0.25, 0.3) is 0 Å². The summed E-state index contributed by atoms with van der Waals surface area (Å²) in [6.07, 6.45) is 11.9. The normalized spacial score (nSPS) is 21.9. The summed E-state index contributed by atoms with van der Waals surface area (Å²) in [4.78, 5) is 0. The number of hydrogen-bond donors (Lipinski definition) is 2. The molecule has 15 heavy (non-hydrogen) atoms. The minimum Gasteiger partial charge on any atom is -0.376 e. The molecule has 1 aliphatic carbocycles. The number of ether oxygens (including phenoxy) is 1. The minimum atomic E-state index is -0.159. The molecule has 0 radical (unpaired) electrons. The van der Waals surface area contributed by atoms with Gasteiger partial charge in [-0.05, 0) is 25.7 Å². The van der Waals surface area contributed by atoms with E-state index in [1.807, 2.05) is 6.92 Å². The second-order valence-corrected chi connectivity index (χ2v) is 4.13. The Balaban J connectivity index is 2.58. The van der Waals surface area contributed by atoms with E-state index in [0.717, 1.165) is 0 Å². The van der Waals surface area contributed by atoms with Gasteiger partial charge in [-0.2, -0.15) is 0 Å². The molecule has 0 spiro atoms. The maximum Gasteiger partial charge on any atom is 0.108 e. The van der Waals surface area contributed by atoms with E-state index in [0.29, 0.717) is 12.5 Å². The quantitative estimate of drug-likeness (QED) is 0.410. The molecule has 0 saturated heterocycles. The zero-order chi connectivity index (χ0) is 11.1. The maximum atomic E-state index is 5.74. The molecule has 1 aliphatic rings. The Morgan fingerprint density at radius 3 is 2.60 bits per heavy atom. The summed E-state index contributed by atoms with van der Waals surface area (Å²) in [5.41, 5.74) is 2.67. The van der Waals surface area contributed by atoms with Gasteiger partial charge < -0.3 is 4.74 Å². The summed E-state index contributed by atoms with van der Waals surface area (Å²) >= 11 is 0. The van der Waals surface area contributed by atoms with Crippen LogP contribution < -0.4 is 11.3 Å². The second-order valence-electron chi connectivity index (χ2n) is 4.13. The van der Waals surface area contributed by atoms with E-state index >= 15 is 0 Å². The van der Waals surface area contributed by atoms with Gasteiger partial charge in [-0.1, -0.05) is 25.2 Å².